The second-order valence-electron chi connectivity index (χ2n) is 28.9. The average Bonchev–Trinajstić information content (AvgIpc) is 1.24. The zero-order chi connectivity index (χ0) is 71.9. The number of hydrogen-bond donors (Lipinski definition) is 3. The van der Waals surface area contributed by atoms with Crippen LogP contribution in [0, 0.1) is 5.92 Å². The molecule has 0 aliphatic rings. The molecule has 0 aromatic rings. The van der Waals surface area contributed by atoms with Crippen LogP contribution in [0.15, 0.2) is 0 Å². The summed E-state index contributed by atoms with van der Waals surface area (Å²) >= 11 is 0. The number of hydrogen-bond acceptors (Lipinski definition) is 15. The third-order valence-corrected chi connectivity index (χ3v) is 20.4. The normalized spacial score (nSPS) is 13.9. The Morgan fingerprint density at radius 3 is 0.694 bits per heavy atom. The zero-order valence-electron chi connectivity index (χ0n) is 63.9. The molecule has 98 heavy (non-hydrogen) atoms. The summed E-state index contributed by atoms with van der Waals surface area (Å²) in [6.45, 7) is 7.33. The summed E-state index contributed by atoms with van der Waals surface area (Å²) in [5.41, 5.74) is 0. The Labute approximate surface area is 600 Å². The summed E-state index contributed by atoms with van der Waals surface area (Å²) in [7, 11) is -9.91. The van der Waals surface area contributed by atoms with Crippen molar-refractivity contribution in [2.75, 3.05) is 39.6 Å². The first-order valence-corrected chi connectivity index (χ1v) is 44.1. The first kappa shape index (κ1) is 96.1. The second-order valence-corrected chi connectivity index (χ2v) is 31.8. The van der Waals surface area contributed by atoms with Crippen LogP contribution >= 0.6 is 15.6 Å². The predicted octanol–water partition coefficient (Wildman–Crippen LogP) is 23.6. The first-order chi connectivity index (χ1) is 47.5. The highest BCUT2D eigenvalue weighted by atomic mass is 31.2. The Balaban J connectivity index is 5.20. The average molecular weight is 1440 g/mol. The molecule has 0 aromatic carbocycles. The van der Waals surface area contributed by atoms with E-state index in [1.54, 1.807) is 0 Å². The lowest BCUT2D eigenvalue weighted by Crippen LogP contribution is -2.30. The number of carbonyl (C=O) groups excluding carboxylic acids is 4. The van der Waals surface area contributed by atoms with Crippen molar-refractivity contribution in [3.8, 4) is 0 Å². The number of aliphatic hydroxyl groups is 1. The Bertz CT molecular complexity index is 1870. The molecule has 0 rings (SSSR count). The van der Waals surface area contributed by atoms with Gasteiger partial charge in [-0.05, 0) is 31.6 Å². The minimum atomic E-state index is -4.96. The fourth-order valence-electron chi connectivity index (χ4n) is 12.2. The van der Waals surface area contributed by atoms with Crippen LogP contribution in [0.25, 0.3) is 0 Å². The summed E-state index contributed by atoms with van der Waals surface area (Å²) in [6.07, 6.45) is 62.4. The van der Waals surface area contributed by atoms with Gasteiger partial charge >= 0.3 is 39.5 Å². The maximum atomic E-state index is 13.1. The van der Waals surface area contributed by atoms with Crippen molar-refractivity contribution >= 4 is 39.5 Å². The minimum absolute atomic E-state index is 0.108. The van der Waals surface area contributed by atoms with Crippen LogP contribution in [-0.4, -0.2) is 96.7 Å². The third-order valence-electron chi connectivity index (χ3n) is 18.5. The van der Waals surface area contributed by atoms with Gasteiger partial charge in [0.15, 0.2) is 12.2 Å². The fourth-order valence-corrected chi connectivity index (χ4v) is 13.8. The molecule has 5 atom stereocenters. The summed E-state index contributed by atoms with van der Waals surface area (Å²) in [6, 6.07) is 0. The number of rotatable bonds is 79. The lowest BCUT2D eigenvalue weighted by Gasteiger charge is -2.21. The lowest BCUT2D eigenvalue weighted by atomic mass is 10.0. The van der Waals surface area contributed by atoms with Crippen LogP contribution in [-0.2, 0) is 65.4 Å². The van der Waals surface area contributed by atoms with Crippen LogP contribution in [0.2, 0.25) is 0 Å². The minimum Gasteiger partial charge on any atom is -0.462 e. The van der Waals surface area contributed by atoms with Crippen LogP contribution in [0.4, 0.5) is 0 Å². The molecule has 0 heterocycles. The van der Waals surface area contributed by atoms with Crippen LogP contribution < -0.4 is 0 Å². The van der Waals surface area contributed by atoms with E-state index in [2.05, 4.69) is 34.6 Å². The quantitative estimate of drug-likeness (QED) is 0.0222. The standard InChI is InChI=1S/C79H154O17P2/c1-6-9-12-15-18-21-23-25-27-31-35-39-43-48-53-58-63-77(82)90-69-75(96-79(84)65-60-55-50-45-41-37-33-29-30-34-38-42-46-51-56-61-72(4)5)71-94-98(87,88)92-67-73(80)66-91-97(85,86)93-70-74(68-89-76(81)62-57-52-47-20-17-14-11-8-3)95-78(83)64-59-54-49-44-40-36-32-28-26-24-22-19-16-13-10-7-2/h72-75,80H,6-71H2,1-5H3,(H,85,86)(H,87,88)/t73-,74+,75+/m0/s1. The van der Waals surface area contributed by atoms with E-state index < -0.39 is 97.5 Å². The fraction of sp³-hybridized carbons (Fsp3) is 0.949. The predicted molar refractivity (Wildman–Crippen MR) is 400 cm³/mol. The van der Waals surface area contributed by atoms with Gasteiger partial charge in [-0.1, -0.05) is 369 Å². The van der Waals surface area contributed by atoms with Crippen molar-refractivity contribution in [3.05, 3.63) is 0 Å². The molecule has 0 radical (unpaired) electrons. The number of ether oxygens (including phenoxy) is 4. The largest absolute Gasteiger partial charge is 0.472 e. The molecule has 17 nitrogen and oxygen atoms in total. The molecule has 0 spiro atoms. The monoisotopic (exact) mass is 1440 g/mol. The van der Waals surface area contributed by atoms with Crippen LogP contribution in [0.3, 0.4) is 0 Å². The summed E-state index contributed by atoms with van der Waals surface area (Å²) in [5, 5.41) is 10.6. The molecular weight excluding hydrogens is 1280 g/mol. The topological polar surface area (TPSA) is 237 Å². The van der Waals surface area contributed by atoms with Gasteiger partial charge < -0.3 is 33.8 Å². The number of esters is 4. The van der Waals surface area contributed by atoms with Gasteiger partial charge in [0.2, 0.25) is 0 Å². The SMILES string of the molecule is CCCCCCCCCCCCCCCCCCC(=O)OC[C@H](COP(=O)(O)OC[C@@H](O)COP(=O)(O)OC[C@@H](COC(=O)CCCCCCCCCC)OC(=O)CCCCCCCCCCCCCCCCCC)OC(=O)CCCCCCCCCCCCCCCCCC(C)C. The number of phosphoric ester groups is 2. The van der Waals surface area contributed by atoms with Crippen molar-refractivity contribution in [1.29, 1.82) is 0 Å². The highest BCUT2D eigenvalue weighted by Gasteiger charge is 2.30. The summed E-state index contributed by atoms with van der Waals surface area (Å²) in [5.74, 6) is -1.31. The summed E-state index contributed by atoms with van der Waals surface area (Å²) in [4.78, 5) is 72.9. The van der Waals surface area contributed by atoms with Crippen molar-refractivity contribution in [1.82, 2.24) is 0 Å². The third kappa shape index (κ3) is 72.4. The van der Waals surface area contributed by atoms with Crippen LogP contribution in [0.1, 0.15) is 420 Å². The second kappa shape index (κ2) is 72.0. The maximum Gasteiger partial charge on any atom is 0.472 e. The van der Waals surface area contributed by atoms with E-state index in [1.807, 2.05) is 0 Å². The molecule has 0 saturated heterocycles. The molecule has 0 amide bonds. The van der Waals surface area contributed by atoms with Crippen molar-refractivity contribution in [2.24, 2.45) is 5.92 Å². The molecular formula is C79H154O17P2. The van der Waals surface area contributed by atoms with Gasteiger partial charge in [-0.25, -0.2) is 9.13 Å². The molecule has 0 saturated carbocycles. The van der Waals surface area contributed by atoms with Crippen molar-refractivity contribution in [2.45, 2.75) is 438 Å². The maximum absolute atomic E-state index is 13.1. The van der Waals surface area contributed by atoms with E-state index in [4.69, 9.17) is 37.0 Å². The van der Waals surface area contributed by atoms with E-state index in [0.29, 0.717) is 25.7 Å². The molecule has 0 aliphatic carbocycles. The molecule has 0 bridgehead atoms. The Kier molecular flexibility index (Phi) is 70.6. The number of phosphoric acid groups is 2. The van der Waals surface area contributed by atoms with Gasteiger partial charge in [0.25, 0.3) is 0 Å². The molecule has 0 aromatic heterocycles. The molecule has 0 fully saturated rings. The highest BCUT2D eigenvalue weighted by Crippen LogP contribution is 2.45. The van der Waals surface area contributed by atoms with E-state index in [9.17, 15) is 43.2 Å². The van der Waals surface area contributed by atoms with Crippen molar-refractivity contribution < 1.29 is 80.2 Å². The van der Waals surface area contributed by atoms with E-state index in [-0.39, 0.29) is 25.7 Å². The number of unbranched alkanes of at least 4 members (excludes halogenated alkanes) is 51. The molecule has 19 heteroatoms. The van der Waals surface area contributed by atoms with Crippen LogP contribution in [0.5, 0.6) is 0 Å². The first-order valence-electron chi connectivity index (χ1n) is 41.1. The Morgan fingerprint density at radius 1 is 0.276 bits per heavy atom. The van der Waals surface area contributed by atoms with Gasteiger partial charge in [-0.3, -0.25) is 37.3 Å². The number of aliphatic hydroxyl groups excluding tert-OH is 1. The molecule has 582 valence electrons. The van der Waals surface area contributed by atoms with Gasteiger partial charge in [-0.15, -0.1) is 0 Å². The lowest BCUT2D eigenvalue weighted by molar-refractivity contribution is -0.161. The van der Waals surface area contributed by atoms with E-state index in [1.165, 1.54) is 244 Å². The Hall–Kier alpha value is -1.94. The van der Waals surface area contributed by atoms with Gasteiger partial charge in [0.05, 0.1) is 26.4 Å². The highest BCUT2D eigenvalue weighted by molar-refractivity contribution is 7.47. The van der Waals surface area contributed by atoms with Crippen molar-refractivity contribution in [3.63, 3.8) is 0 Å². The van der Waals surface area contributed by atoms with Gasteiger partial charge in [0.1, 0.15) is 19.3 Å². The van der Waals surface area contributed by atoms with E-state index >= 15 is 0 Å². The Morgan fingerprint density at radius 2 is 0.469 bits per heavy atom. The molecule has 0 aliphatic heterocycles. The molecule has 3 N–H and O–H groups in total. The molecule has 2 unspecified atom stereocenters. The summed E-state index contributed by atoms with van der Waals surface area (Å²) < 4.78 is 68.6. The van der Waals surface area contributed by atoms with Gasteiger partial charge in [0, 0.05) is 25.7 Å². The number of carbonyl (C=O) groups is 4. The van der Waals surface area contributed by atoms with Gasteiger partial charge in [-0.2, -0.15) is 0 Å². The van der Waals surface area contributed by atoms with E-state index in [0.717, 1.165) is 95.8 Å². The zero-order valence-corrected chi connectivity index (χ0v) is 65.7. The smallest absolute Gasteiger partial charge is 0.462 e.